The number of hydrogen-bond donors (Lipinski definition) is 0. The second-order valence-electron chi connectivity index (χ2n) is 6.54. The van der Waals surface area contributed by atoms with Crippen molar-refractivity contribution in [3.63, 3.8) is 0 Å². The van der Waals surface area contributed by atoms with Crippen LogP contribution in [0.2, 0.25) is 0 Å². The number of rotatable bonds is 5. The van der Waals surface area contributed by atoms with Gasteiger partial charge in [0, 0.05) is 20.1 Å². The molecule has 2 rings (SSSR count). The lowest BCUT2D eigenvalue weighted by molar-refractivity contribution is -0.384. The minimum atomic E-state index is -0.303. The van der Waals surface area contributed by atoms with E-state index in [2.05, 4.69) is 23.8 Å². The predicted molar refractivity (Wildman–Crippen MR) is 83.6 cm³/mol. The first-order chi connectivity index (χ1) is 9.90. The normalized spacial score (nSPS) is 16.7. The highest BCUT2D eigenvalue weighted by Gasteiger charge is 2.30. The van der Waals surface area contributed by atoms with Gasteiger partial charge in [0.2, 0.25) is 5.82 Å². The Bertz CT molecular complexity index is 502. The van der Waals surface area contributed by atoms with Crippen LogP contribution in [-0.2, 0) is 7.05 Å². The Balaban J connectivity index is 2.04. The van der Waals surface area contributed by atoms with Gasteiger partial charge in [-0.2, -0.15) is 5.10 Å². The van der Waals surface area contributed by atoms with Gasteiger partial charge in [-0.25, -0.2) is 4.68 Å². The molecule has 21 heavy (non-hydrogen) atoms. The van der Waals surface area contributed by atoms with Gasteiger partial charge in [0.1, 0.15) is 5.69 Å². The van der Waals surface area contributed by atoms with Gasteiger partial charge in [-0.1, -0.05) is 26.7 Å². The summed E-state index contributed by atoms with van der Waals surface area (Å²) in [5.41, 5.74) is 0.664. The summed E-state index contributed by atoms with van der Waals surface area (Å²) >= 11 is 0. The molecule has 0 N–H and O–H groups in total. The summed E-state index contributed by atoms with van der Waals surface area (Å²) in [7, 11) is 1.79. The lowest BCUT2D eigenvalue weighted by Gasteiger charge is -2.33. The summed E-state index contributed by atoms with van der Waals surface area (Å²) in [5, 5.41) is 15.5. The number of nitrogens with zero attached hydrogens (tertiary/aromatic N) is 4. The fourth-order valence-corrected chi connectivity index (χ4v) is 3.21. The van der Waals surface area contributed by atoms with E-state index in [9.17, 15) is 10.1 Å². The standard InChI is InChI=1S/C15H26N4O2/c1-11(2)5-6-13-7-9-18(10-8-13)15-14(19(20)21)12(3)16-17(15)4/h11,13H,5-10H2,1-4H3. The van der Waals surface area contributed by atoms with E-state index in [1.165, 1.54) is 12.8 Å². The minimum Gasteiger partial charge on any atom is -0.351 e. The molecule has 1 aromatic heterocycles. The van der Waals surface area contributed by atoms with Gasteiger partial charge in [0.05, 0.1) is 4.92 Å². The molecule has 118 valence electrons. The Kier molecular flexibility index (Phi) is 4.85. The Hall–Kier alpha value is -1.59. The second kappa shape index (κ2) is 6.45. The summed E-state index contributed by atoms with van der Waals surface area (Å²) in [5.74, 6) is 2.18. The van der Waals surface area contributed by atoms with E-state index in [0.717, 1.165) is 37.8 Å². The van der Waals surface area contributed by atoms with Crippen molar-refractivity contribution in [2.75, 3.05) is 18.0 Å². The van der Waals surface area contributed by atoms with Crippen molar-refractivity contribution in [1.29, 1.82) is 0 Å². The van der Waals surface area contributed by atoms with Crippen molar-refractivity contribution >= 4 is 11.5 Å². The highest BCUT2D eigenvalue weighted by atomic mass is 16.6. The molecule has 6 nitrogen and oxygen atoms in total. The Morgan fingerprint density at radius 3 is 2.52 bits per heavy atom. The summed E-state index contributed by atoms with van der Waals surface area (Å²) < 4.78 is 1.65. The molecule has 0 bridgehead atoms. The fourth-order valence-electron chi connectivity index (χ4n) is 3.21. The van der Waals surface area contributed by atoms with Gasteiger partial charge < -0.3 is 4.90 Å². The van der Waals surface area contributed by atoms with E-state index in [-0.39, 0.29) is 10.6 Å². The van der Waals surface area contributed by atoms with Crippen LogP contribution < -0.4 is 4.90 Å². The number of aryl methyl sites for hydroxylation is 2. The van der Waals surface area contributed by atoms with Crippen LogP contribution in [0.1, 0.15) is 45.2 Å². The molecule has 1 aromatic rings. The first kappa shape index (κ1) is 15.8. The largest absolute Gasteiger partial charge is 0.351 e. The van der Waals surface area contributed by atoms with Crippen molar-refractivity contribution in [3.8, 4) is 0 Å². The van der Waals surface area contributed by atoms with Crippen LogP contribution in [0, 0.1) is 28.9 Å². The summed E-state index contributed by atoms with van der Waals surface area (Å²) in [4.78, 5) is 13.1. The molecule has 2 heterocycles. The van der Waals surface area contributed by atoms with Crippen LogP contribution in [0.15, 0.2) is 0 Å². The molecule has 1 saturated heterocycles. The predicted octanol–water partition coefficient (Wildman–Crippen LogP) is 3.29. The van der Waals surface area contributed by atoms with Crippen LogP contribution in [0.25, 0.3) is 0 Å². The number of aromatic nitrogens is 2. The maximum atomic E-state index is 11.3. The van der Waals surface area contributed by atoms with Crippen LogP contribution in [0.5, 0.6) is 0 Å². The highest BCUT2D eigenvalue weighted by molar-refractivity contribution is 5.61. The van der Waals surface area contributed by atoms with Crippen LogP contribution in [0.3, 0.4) is 0 Å². The molecule has 0 radical (unpaired) electrons. The SMILES string of the molecule is Cc1nn(C)c(N2CCC(CCC(C)C)CC2)c1[N+](=O)[O-]. The number of nitro groups is 1. The van der Waals surface area contributed by atoms with Crippen molar-refractivity contribution in [2.45, 2.75) is 46.5 Å². The van der Waals surface area contributed by atoms with Crippen molar-refractivity contribution in [3.05, 3.63) is 15.8 Å². The average molecular weight is 294 g/mol. The van der Waals surface area contributed by atoms with Crippen LogP contribution in [0.4, 0.5) is 11.5 Å². The van der Waals surface area contributed by atoms with E-state index in [4.69, 9.17) is 0 Å². The number of piperidine rings is 1. The van der Waals surface area contributed by atoms with Gasteiger partial charge in [-0.15, -0.1) is 0 Å². The maximum absolute atomic E-state index is 11.3. The molecule has 0 unspecified atom stereocenters. The van der Waals surface area contributed by atoms with Crippen LogP contribution >= 0.6 is 0 Å². The molecule has 1 aliphatic heterocycles. The van der Waals surface area contributed by atoms with E-state index in [1.54, 1.807) is 18.7 Å². The van der Waals surface area contributed by atoms with Crippen molar-refractivity contribution in [1.82, 2.24) is 9.78 Å². The Morgan fingerprint density at radius 2 is 2.00 bits per heavy atom. The third-order valence-electron chi connectivity index (χ3n) is 4.41. The molecule has 0 atom stereocenters. The number of anilines is 1. The Morgan fingerprint density at radius 1 is 1.38 bits per heavy atom. The summed E-state index contributed by atoms with van der Waals surface area (Å²) in [6.45, 7) is 8.01. The smallest absolute Gasteiger partial charge is 0.333 e. The Labute approximate surface area is 126 Å². The van der Waals surface area contributed by atoms with Crippen LogP contribution in [-0.4, -0.2) is 27.8 Å². The van der Waals surface area contributed by atoms with E-state index in [1.807, 2.05) is 0 Å². The summed E-state index contributed by atoms with van der Waals surface area (Å²) in [6, 6.07) is 0. The molecular weight excluding hydrogens is 268 g/mol. The highest BCUT2D eigenvalue weighted by Crippen LogP contribution is 2.34. The van der Waals surface area contributed by atoms with E-state index in [0.29, 0.717) is 11.5 Å². The van der Waals surface area contributed by atoms with Gasteiger partial charge >= 0.3 is 5.69 Å². The second-order valence-corrected chi connectivity index (χ2v) is 6.54. The third kappa shape index (κ3) is 3.54. The van der Waals surface area contributed by atoms with Gasteiger partial charge in [-0.05, 0) is 31.6 Å². The van der Waals surface area contributed by atoms with E-state index >= 15 is 0 Å². The van der Waals surface area contributed by atoms with Gasteiger partial charge in [0.15, 0.2) is 0 Å². The number of hydrogen-bond acceptors (Lipinski definition) is 4. The lowest BCUT2D eigenvalue weighted by Crippen LogP contribution is -2.35. The molecular formula is C15H26N4O2. The summed E-state index contributed by atoms with van der Waals surface area (Å²) in [6.07, 6.45) is 4.79. The maximum Gasteiger partial charge on any atom is 0.333 e. The lowest BCUT2D eigenvalue weighted by atomic mass is 9.89. The molecule has 0 aromatic carbocycles. The topological polar surface area (TPSA) is 64.2 Å². The van der Waals surface area contributed by atoms with Crippen molar-refractivity contribution < 1.29 is 4.92 Å². The molecule has 1 aliphatic rings. The van der Waals surface area contributed by atoms with Crippen molar-refractivity contribution in [2.24, 2.45) is 18.9 Å². The molecule has 0 saturated carbocycles. The third-order valence-corrected chi connectivity index (χ3v) is 4.41. The molecule has 0 amide bonds. The quantitative estimate of drug-likeness (QED) is 0.617. The fraction of sp³-hybridized carbons (Fsp3) is 0.800. The van der Waals surface area contributed by atoms with Gasteiger partial charge in [0.25, 0.3) is 0 Å². The zero-order chi connectivity index (χ0) is 15.6. The zero-order valence-electron chi connectivity index (χ0n) is 13.5. The van der Waals surface area contributed by atoms with Gasteiger partial charge in [-0.3, -0.25) is 10.1 Å². The molecule has 0 spiro atoms. The average Bonchev–Trinajstić information content (AvgIpc) is 2.72. The van der Waals surface area contributed by atoms with E-state index < -0.39 is 0 Å². The molecule has 6 heteroatoms. The molecule has 1 fully saturated rings. The monoisotopic (exact) mass is 294 g/mol. The minimum absolute atomic E-state index is 0.165. The first-order valence-electron chi connectivity index (χ1n) is 7.83. The first-order valence-corrected chi connectivity index (χ1v) is 7.83. The molecule has 0 aliphatic carbocycles. The zero-order valence-corrected chi connectivity index (χ0v) is 13.5.